The van der Waals surface area contributed by atoms with E-state index in [0.29, 0.717) is 42.4 Å². The van der Waals surface area contributed by atoms with Crippen molar-refractivity contribution in [3.63, 3.8) is 0 Å². The molecule has 1 saturated heterocycles. The van der Waals surface area contributed by atoms with Gasteiger partial charge in [-0.3, -0.25) is 9.59 Å². The molecule has 0 radical (unpaired) electrons. The van der Waals surface area contributed by atoms with Crippen LogP contribution in [0.5, 0.6) is 11.5 Å². The van der Waals surface area contributed by atoms with E-state index in [1.165, 1.54) is 5.56 Å². The Labute approximate surface area is 187 Å². The summed E-state index contributed by atoms with van der Waals surface area (Å²) < 4.78 is 11.3. The Morgan fingerprint density at radius 2 is 1.41 bits per heavy atom. The number of nitrogens with two attached hydrogens (primary N) is 1. The van der Waals surface area contributed by atoms with Crippen LogP contribution in [-0.4, -0.2) is 31.6 Å². The summed E-state index contributed by atoms with van der Waals surface area (Å²) in [6.07, 6.45) is 1.75. The SMILES string of the molecule is NC(=O)c1ccc(Oc2ccc(C(=O)NCC3(c4ccccc4)CCOCC3)cc2)cc1. The monoisotopic (exact) mass is 430 g/mol. The summed E-state index contributed by atoms with van der Waals surface area (Å²) in [4.78, 5) is 24.0. The minimum Gasteiger partial charge on any atom is -0.457 e. The Bertz CT molecular complexity index is 1060. The minimum absolute atomic E-state index is 0.116. The molecule has 1 aliphatic heterocycles. The number of rotatable bonds is 7. The van der Waals surface area contributed by atoms with E-state index in [0.717, 1.165) is 12.8 Å². The van der Waals surface area contributed by atoms with Crippen LogP contribution in [0.1, 0.15) is 39.1 Å². The predicted molar refractivity (Wildman–Crippen MR) is 122 cm³/mol. The van der Waals surface area contributed by atoms with Crippen molar-refractivity contribution in [3.8, 4) is 11.5 Å². The fourth-order valence-electron chi connectivity index (χ4n) is 3.97. The summed E-state index contributed by atoms with van der Waals surface area (Å²) in [5.41, 5.74) is 7.35. The average molecular weight is 431 g/mol. The third-order valence-electron chi connectivity index (χ3n) is 5.91. The molecule has 1 aliphatic rings. The first-order valence-electron chi connectivity index (χ1n) is 10.7. The predicted octanol–water partition coefficient (Wildman–Crippen LogP) is 4.06. The van der Waals surface area contributed by atoms with Crippen molar-refractivity contribution in [2.24, 2.45) is 5.73 Å². The standard InChI is InChI=1S/C26H26N2O4/c27-24(29)19-6-10-22(11-7-19)32-23-12-8-20(9-13-23)25(30)28-18-26(14-16-31-17-15-26)21-4-2-1-3-5-21/h1-13H,14-18H2,(H2,27,29)(H,28,30). The van der Waals surface area contributed by atoms with E-state index < -0.39 is 5.91 Å². The smallest absolute Gasteiger partial charge is 0.251 e. The zero-order valence-corrected chi connectivity index (χ0v) is 17.8. The largest absolute Gasteiger partial charge is 0.457 e. The molecule has 0 saturated carbocycles. The first-order chi connectivity index (χ1) is 15.6. The van der Waals surface area contributed by atoms with Gasteiger partial charge in [0.05, 0.1) is 0 Å². The van der Waals surface area contributed by atoms with E-state index in [1.807, 2.05) is 18.2 Å². The molecule has 6 nitrogen and oxygen atoms in total. The summed E-state index contributed by atoms with van der Waals surface area (Å²) in [6, 6.07) is 23.9. The summed E-state index contributed by atoms with van der Waals surface area (Å²) in [7, 11) is 0. The van der Waals surface area contributed by atoms with Crippen LogP contribution in [0, 0.1) is 0 Å². The quantitative estimate of drug-likeness (QED) is 0.592. The van der Waals surface area contributed by atoms with Crippen LogP contribution in [0.2, 0.25) is 0 Å². The maximum absolute atomic E-state index is 12.8. The molecular weight excluding hydrogens is 404 g/mol. The molecular formula is C26H26N2O4. The van der Waals surface area contributed by atoms with E-state index in [4.69, 9.17) is 15.2 Å². The van der Waals surface area contributed by atoms with Gasteiger partial charge in [0.1, 0.15) is 11.5 Å². The Morgan fingerprint density at radius 3 is 1.97 bits per heavy atom. The molecule has 3 aromatic rings. The molecule has 1 heterocycles. The molecule has 32 heavy (non-hydrogen) atoms. The third kappa shape index (κ3) is 4.98. The lowest BCUT2D eigenvalue weighted by Gasteiger charge is -2.38. The van der Waals surface area contributed by atoms with E-state index >= 15 is 0 Å². The van der Waals surface area contributed by atoms with Gasteiger partial charge in [0.2, 0.25) is 5.91 Å². The Morgan fingerprint density at radius 1 is 0.844 bits per heavy atom. The number of amides is 2. The highest BCUT2D eigenvalue weighted by molar-refractivity contribution is 5.94. The molecule has 0 bridgehead atoms. The second-order valence-corrected chi connectivity index (χ2v) is 7.96. The van der Waals surface area contributed by atoms with Gasteiger partial charge in [-0.05, 0) is 66.9 Å². The maximum Gasteiger partial charge on any atom is 0.251 e. The Kier molecular flexibility index (Phi) is 6.52. The molecule has 3 N–H and O–H groups in total. The molecule has 0 spiro atoms. The number of carbonyl (C=O) groups is 2. The van der Waals surface area contributed by atoms with Gasteiger partial charge in [-0.25, -0.2) is 0 Å². The van der Waals surface area contributed by atoms with Gasteiger partial charge >= 0.3 is 0 Å². The number of hydrogen-bond acceptors (Lipinski definition) is 4. The highest BCUT2D eigenvalue weighted by Crippen LogP contribution is 2.34. The van der Waals surface area contributed by atoms with E-state index in [1.54, 1.807) is 48.5 Å². The number of primary amides is 1. The number of nitrogens with one attached hydrogen (secondary N) is 1. The van der Waals surface area contributed by atoms with Crippen molar-refractivity contribution in [1.82, 2.24) is 5.32 Å². The average Bonchev–Trinajstić information content (AvgIpc) is 2.84. The van der Waals surface area contributed by atoms with E-state index in [-0.39, 0.29) is 11.3 Å². The van der Waals surface area contributed by atoms with Crippen LogP contribution >= 0.6 is 0 Å². The van der Waals surface area contributed by atoms with Gasteiger partial charge in [-0.2, -0.15) is 0 Å². The molecule has 1 fully saturated rings. The van der Waals surface area contributed by atoms with Crippen LogP contribution in [-0.2, 0) is 10.2 Å². The molecule has 3 aromatic carbocycles. The molecule has 4 rings (SSSR count). The van der Waals surface area contributed by atoms with Gasteiger partial charge in [0.15, 0.2) is 0 Å². The number of hydrogen-bond donors (Lipinski definition) is 2. The lowest BCUT2D eigenvalue weighted by molar-refractivity contribution is 0.0487. The topological polar surface area (TPSA) is 90.7 Å². The van der Waals surface area contributed by atoms with Crippen LogP contribution < -0.4 is 15.8 Å². The van der Waals surface area contributed by atoms with Crippen molar-refractivity contribution < 1.29 is 19.1 Å². The maximum atomic E-state index is 12.8. The van der Waals surface area contributed by atoms with Crippen molar-refractivity contribution in [2.75, 3.05) is 19.8 Å². The van der Waals surface area contributed by atoms with Gasteiger partial charge < -0.3 is 20.5 Å². The van der Waals surface area contributed by atoms with Crippen molar-refractivity contribution in [1.29, 1.82) is 0 Å². The Hall–Kier alpha value is -3.64. The van der Waals surface area contributed by atoms with Crippen LogP contribution in [0.15, 0.2) is 78.9 Å². The molecule has 0 aromatic heterocycles. The first kappa shape index (κ1) is 21.6. The molecule has 0 aliphatic carbocycles. The number of benzene rings is 3. The van der Waals surface area contributed by atoms with E-state index in [2.05, 4.69) is 17.4 Å². The zero-order chi connectivity index (χ0) is 22.4. The second-order valence-electron chi connectivity index (χ2n) is 7.96. The lowest BCUT2D eigenvalue weighted by atomic mass is 9.74. The molecule has 0 unspecified atom stereocenters. The molecule has 6 heteroatoms. The molecule has 0 atom stereocenters. The van der Waals surface area contributed by atoms with Crippen molar-refractivity contribution in [3.05, 3.63) is 95.6 Å². The summed E-state index contributed by atoms with van der Waals surface area (Å²) >= 11 is 0. The van der Waals surface area contributed by atoms with Gasteiger partial charge in [-0.1, -0.05) is 30.3 Å². The highest BCUT2D eigenvalue weighted by atomic mass is 16.5. The van der Waals surface area contributed by atoms with Gasteiger partial charge in [0, 0.05) is 36.3 Å². The van der Waals surface area contributed by atoms with Crippen LogP contribution in [0.4, 0.5) is 0 Å². The summed E-state index contributed by atoms with van der Waals surface area (Å²) in [5.74, 6) is 0.570. The van der Waals surface area contributed by atoms with Crippen molar-refractivity contribution in [2.45, 2.75) is 18.3 Å². The number of carbonyl (C=O) groups excluding carboxylic acids is 2. The van der Waals surface area contributed by atoms with Gasteiger partial charge in [0.25, 0.3) is 5.91 Å². The first-order valence-corrected chi connectivity index (χ1v) is 10.7. The lowest BCUT2D eigenvalue weighted by Crippen LogP contribution is -2.44. The highest BCUT2D eigenvalue weighted by Gasteiger charge is 2.34. The summed E-state index contributed by atoms with van der Waals surface area (Å²) in [5, 5.41) is 3.11. The molecule has 164 valence electrons. The van der Waals surface area contributed by atoms with Crippen LogP contribution in [0.3, 0.4) is 0 Å². The second kappa shape index (κ2) is 9.66. The Balaban J connectivity index is 1.39. The van der Waals surface area contributed by atoms with Crippen LogP contribution in [0.25, 0.3) is 0 Å². The number of ether oxygens (including phenoxy) is 2. The van der Waals surface area contributed by atoms with Gasteiger partial charge in [-0.15, -0.1) is 0 Å². The normalized spacial score (nSPS) is 15.0. The fraction of sp³-hybridized carbons (Fsp3) is 0.231. The summed E-state index contributed by atoms with van der Waals surface area (Å²) in [6.45, 7) is 1.94. The van der Waals surface area contributed by atoms with Crippen molar-refractivity contribution >= 4 is 11.8 Å². The zero-order valence-electron chi connectivity index (χ0n) is 17.8. The van der Waals surface area contributed by atoms with E-state index in [9.17, 15) is 9.59 Å². The third-order valence-corrected chi connectivity index (χ3v) is 5.91. The fourth-order valence-corrected chi connectivity index (χ4v) is 3.97. The minimum atomic E-state index is -0.485. The molecule has 2 amide bonds.